The molecular weight excluding hydrogens is 560 g/mol. The van der Waals surface area contributed by atoms with Crippen LogP contribution in [0.1, 0.15) is 30.9 Å². The first kappa shape index (κ1) is 26.8. The molecular formula is C42H32N4. The Morgan fingerprint density at radius 1 is 0.565 bits per heavy atom. The van der Waals surface area contributed by atoms with E-state index in [9.17, 15) is 0 Å². The summed E-state index contributed by atoms with van der Waals surface area (Å²) in [4.78, 5) is 15.0. The summed E-state index contributed by atoms with van der Waals surface area (Å²) in [6.45, 7) is 4.83. The van der Waals surface area contributed by atoms with Gasteiger partial charge < -0.3 is 4.57 Å². The van der Waals surface area contributed by atoms with Gasteiger partial charge in [-0.3, -0.25) is 0 Å². The lowest BCUT2D eigenvalue weighted by molar-refractivity contribution is 0.396. The van der Waals surface area contributed by atoms with Crippen LogP contribution >= 0.6 is 0 Å². The summed E-state index contributed by atoms with van der Waals surface area (Å²) in [6, 6.07) is 42.5. The average Bonchev–Trinajstić information content (AvgIpc) is 3.57. The summed E-state index contributed by atoms with van der Waals surface area (Å²) in [5.74, 6) is 2.79. The molecule has 46 heavy (non-hydrogen) atoms. The van der Waals surface area contributed by atoms with Crippen LogP contribution in [0.25, 0.3) is 61.7 Å². The minimum Gasteiger partial charge on any atom is -0.309 e. The van der Waals surface area contributed by atoms with Crippen LogP contribution in [-0.4, -0.2) is 19.5 Å². The first-order valence-corrected chi connectivity index (χ1v) is 16.0. The van der Waals surface area contributed by atoms with E-state index in [0.29, 0.717) is 29.3 Å². The van der Waals surface area contributed by atoms with E-state index in [1.807, 2.05) is 60.7 Å². The maximum absolute atomic E-state index is 5.03. The van der Waals surface area contributed by atoms with E-state index in [4.69, 9.17) is 15.0 Å². The molecule has 0 radical (unpaired) electrons. The number of hydrogen-bond donors (Lipinski definition) is 0. The zero-order valence-corrected chi connectivity index (χ0v) is 25.8. The molecule has 220 valence electrons. The Morgan fingerprint density at radius 2 is 1.17 bits per heavy atom. The molecule has 9 rings (SSSR count). The van der Waals surface area contributed by atoms with Gasteiger partial charge in [-0.25, -0.2) is 15.0 Å². The van der Waals surface area contributed by atoms with Gasteiger partial charge in [-0.1, -0.05) is 141 Å². The van der Waals surface area contributed by atoms with Gasteiger partial charge in [0.25, 0.3) is 0 Å². The smallest absolute Gasteiger partial charge is 0.164 e. The highest BCUT2D eigenvalue weighted by molar-refractivity contribution is 6.11. The number of allylic oxidation sites excluding steroid dienone is 4. The van der Waals surface area contributed by atoms with Crippen molar-refractivity contribution in [1.29, 1.82) is 0 Å². The lowest BCUT2D eigenvalue weighted by Gasteiger charge is -2.30. The molecule has 0 saturated carbocycles. The quantitative estimate of drug-likeness (QED) is 0.204. The zero-order chi connectivity index (χ0) is 30.8. The van der Waals surface area contributed by atoms with Crippen LogP contribution in [0.2, 0.25) is 0 Å². The van der Waals surface area contributed by atoms with Crippen molar-refractivity contribution in [2.24, 2.45) is 5.92 Å². The number of nitrogens with zero attached hydrogens (tertiary/aromatic N) is 4. The Kier molecular flexibility index (Phi) is 5.94. The molecule has 7 aromatic rings. The summed E-state index contributed by atoms with van der Waals surface area (Å²) < 4.78 is 2.47. The van der Waals surface area contributed by atoms with Crippen LogP contribution in [0, 0.1) is 5.92 Å². The third-order valence-electron chi connectivity index (χ3n) is 9.90. The van der Waals surface area contributed by atoms with Crippen molar-refractivity contribution in [1.82, 2.24) is 19.5 Å². The van der Waals surface area contributed by atoms with Gasteiger partial charge in [0.2, 0.25) is 0 Å². The molecule has 2 aliphatic rings. The Bertz CT molecular complexity index is 2290. The second-order valence-corrected chi connectivity index (χ2v) is 12.9. The molecule has 5 aromatic carbocycles. The van der Waals surface area contributed by atoms with Crippen molar-refractivity contribution in [2.45, 2.75) is 25.2 Å². The van der Waals surface area contributed by atoms with Gasteiger partial charge in [-0.2, -0.15) is 0 Å². The maximum atomic E-state index is 5.03. The minimum atomic E-state index is -0.0338. The SMILES string of the molecule is CC1(C)c2c(ccc3c4ccccc4n(-c4cccc(-c5nc(-c6ccccc6)nc(-c6ccccc6)n5)c4)c23)C2C=CC=CC21. The number of aromatic nitrogens is 4. The number of hydrogen-bond acceptors (Lipinski definition) is 3. The topological polar surface area (TPSA) is 43.6 Å². The van der Waals surface area contributed by atoms with E-state index in [1.54, 1.807) is 0 Å². The molecule has 0 amide bonds. The molecule has 2 aliphatic carbocycles. The van der Waals surface area contributed by atoms with Gasteiger partial charge >= 0.3 is 0 Å². The van der Waals surface area contributed by atoms with Crippen molar-refractivity contribution >= 4 is 21.8 Å². The molecule has 2 unspecified atom stereocenters. The van der Waals surface area contributed by atoms with Crippen LogP contribution in [0.3, 0.4) is 0 Å². The van der Waals surface area contributed by atoms with Crippen LogP contribution in [0.5, 0.6) is 0 Å². The second kappa shape index (κ2) is 10.2. The molecule has 0 aliphatic heterocycles. The fraction of sp³-hybridized carbons (Fsp3) is 0.119. The number of para-hydroxylation sites is 1. The third kappa shape index (κ3) is 4.03. The summed E-state index contributed by atoms with van der Waals surface area (Å²) in [6.07, 6.45) is 9.21. The largest absolute Gasteiger partial charge is 0.309 e. The molecule has 2 atom stereocenters. The first-order chi connectivity index (χ1) is 22.6. The Morgan fingerprint density at radius 3 is 1.89 bits per heavy atom. The lowest BCUT2D eigenvalue weighted by atomic mass is 9.74. The zero-order valence-electron chi connectivity index (χ0n) is 25.8. The highest BCUT2D eigenvalue weighted by Gasteiger charge is 2.46. The summed E-state index contributed by atoms with van der Waals surface area (Å²) in [5, 5.41) is 2.55. The molecule has 4 nitrogen and oxygen atoms in total. The van der Waals surface area contributed by atoms with Crippen molar-refractivity contribution in [2.75, 3.05) is 0 Å². The summed E-state index contributed by atoms with van der Waals surface area (Å²) >= 11 is 0. The summed E-state index contributed by atoms with van der Waals surface area (Å²) in [7, 11) is 0. The molecule has 0 N–H and O–H groups in total. The predicted molar refractivity (Wildman–Crippen MR) is 188 cm³/mol. The number of benzene rings is 5. The molecule has 0 bridgehead atoms. The van der Waals surface area contributed by atoms with Gasteiger partial charge in [0.1, 0.15) is 0 Å². The number of fused-ring (bicyclic) bond motifs is 7. The fourth-order valence-corrected chi connectivity index (χ4v) is 7.78. The fourth-order valence-electron chi connectivity index (χ4n) is 7.78. The molecule has 4 heteroatoms. The Hall–Kier alpha value is -5.61. The average molecular weight is 593 g/mol. The lowest BCUT2D eigenvalue weighted by Crippen LogP contribution is -2.25. The minimum absolute atomic E-state index is 0.0338. The van der Waals surface area contributed by atoms with Crippen LogP contribution in [0.4, 0.5) is 0 Å². The van der Waals surface area contributed by atoms with Crippen molar-refractivity contribution in [3.05, 3.63) is 157 Å². The molecule has 0 spiro atoms. The highest BCUT2D eigenvalue weighted by Crippen LogP contribution is 2.56. The van der Waals surface area contributed by atoms with Crippen LogP contribution < -0.4 is 0 Å². The first-order valence-electron chi connectivity index (χ1n) is 16.0. The Labute approximate surface area is 268 Å². The molecule has 0 fully saturated rings. The highest BCUT2D eigenvalue weighted by atomic mass is 15.0. The standard InChI is InChI=1S/C42H32N4/c1-42(2)35-22-11-9-20-31(35)33-24-25-34-32-21-10-12-23-36(32)46(38(34)37(33)42)30-19-13-18-29(26-30)41-44-39(27-14-5-3-6-15-27)43-40(45-41)28-16-7-4-8-17-28/h3-26,31,35H,1-2H3. The van der Waals surface area contributed by atoms with Crippen LogP contribution in [-0.2, 0) is 5.41 Å². The van der Waals surface area contributed by atoms with Gasteiger partial charge in [0.05, 0.1) is 11.0 Å². The van der Waals surface area contributed by atoms with Crippen LogP contribution in [0.15, 0.2) is 146 Å². The van der Waals surface area contributed by atoms with E-state index >= 15 is 0 Å². The van der Waals surface area contributed by atoms with Crippen molar-refractivity contribution in [3.8, 4) is 39.9 Å². The van der Waals surface area contributed by atoms with E-state index in [1.165, 1.54) is 32.9 Å². The van der Waals surface area contributed by atoms with E-state index in [0.717, 1.165) is 22.4 Å². The molecule has 2 aromatic heterocycles. The monoisotopic (exact) mass is 592 g/mol. The molecule has 0 saturated heterocycles. The van der Waals surface area contributed by atoms with Crippen molar-refractivity contribution < 1.29 is 0 Å². The van der Waals surface area contributed by atoms with Gasteiger partial charge in [-0.15, -0.1) is 0 Å². The number of rotatable bonds is 4. The van der Waals surface area contributed by atoms with Gasteiger partial charge in [-0.05, 0) is 40.7 Å². The van der Waals surface area contributed by atoms with E-state index in [-0.39, 0.29) is 5.41 Å². The van der Waals surface area contributed by atoms with E-state index in [2.05, 4.69) is 103 Å². The molecule has 2 heterocycles. The van der Waals surface area contributed by atoms with Crippen molar-refractivity contribution in [3.63, 3.8) is 0 Å². The predicted octanol–water partition coefficient (Wildman–Crippen LogP) is 10.1. The van der Waals surface area contributed by atoms with Gasteiger partial charge in [0, 0.05) is 39.1 Å². The Balaban J connectivity index is 1.29. The third-order valence-corrected chi connectivity index (χ3v) is 9.90. The summed E-state index contributed by atoms with van der Waals surface area (Å²) in [5.41, 5.74) is 9.30. The maximum Gasteiger partial charge on any atom is 0.164 e. The second-order valence-electron chi connectivity index (χ2n) is 12.9. The van der Waals surface area contributed by atoms with Gasteiger partial charge in [0.15, 0.2) is 17.5 Å². The normalized spacial score (nSPS) is 17.8. The van der Waals surface area contributed by atoms with E-state index < -0.39 is 0 Å².